The first-order valence-corrected chi connectivity index (χ1v) is 10.4. The number of amides is 3. The largest absolute Gasteiger partial charge is 0.345 e. The summed E-state index contributed by atoms with van der Waals surface area (Å²) in [6.45, 7) is 5.46. The van der Waals surface area contributed by atoms with E-state index in [0.29, 0.717) is 17.8 Å². The van der Waals surface area contributed by atoms with Gasteiger partial charge in [0.15, 0.2) is 0 Å². The van der Waals surface area contributed by atoms with Gasteiger partial charge in [0, 0.05) is 24.6 Å². The van der Waals surface area contributed by atoms with Crippen molar-refractivity contribution in [1.29, 1.82) is 0 Å². The second-order valence-corrected chi connectivity index (χ2v) is 8.06. The molecule has 2 aromatic rings. The number of nitrogens with zero attached hydrogens (tertiary/aromatic N) is 2. The van der Waals surface area contributed by atoms with Gasteiger partial charge in [-0.15, -0.1) is 0 Å². The topological polar surface area (TPSA) is 90.9 Å². The lowest BCUT2D eigenvalue weighted by molar-refractivity contribution is -0.131. The minimum atomic E-state index is -1.11. The zero-order chi connectivity index (χ0) is 22.5. The predicted molar refractivity (Wildman–Crippen MR) is 121 cm³/mol. The Balaban J connectivity index is 1.90. The number of benzene rings is 2. The lowest BCUT2D eigenvalue weighted by atomic mass is 10.0. The summed E-state index contributed by atoms with van der Waals surface area (Å²) in [5, 5.41) is 5.38. The molecule has 0 spiro atoms. The van der Waals surface area contributed by atoms with Gasteiger partial charge in [0.2, 0.25) is 18.0 Å². The number of benzodiazepines with no additional fused rings is 1. The quantitative estimate of drug-likeness (QED) is 0.752. The van der Waals surface area contributed by atoms with Crippen LogP contribution in [0.25, 0.3) is 0 Å². The van der Waals surface area contributed by atoms with Gasteiger partial charge in [-0.25, -0.2) is 4.99 Å². The van der Waals surface area contributed by atoms with Gasteiger partial charge < -0.3 is 15.5 Å². The predicted octanol–water partition coefficient (Wildman–Crippen LogP) is 2.49. The zero-order valence-corrected chi connectivity index (χ0v) is 18.3. The van der Waals surface area contributed by atoms with Crippen LogP contribution in [0.15, 0.2) is 59.6 Å². The Morgan fingerprint density at radius 1 is 1.03 bits per heavy atom. The molecule has 0 unspecified atom stereocenters. The molecule has 0 aliphatic carbocycles. The van der Waals surface area contributed by atoms with Crippen LogP contribution >= 0.6 is 0 Å². The minimum absolute atomic E-state index is 0.184. The third-order valence-corrected chi connectivity index (χ3v) is 5.03. The number of anilines is 1. The molecule has 1 heterocycles. The summed E-state index contributed by atoms with van der Waals surface area (Å²) in [6, 6.07) is 16.3. The fourth-order valence-corrected chi connectivity index (χ4v) is 3.44. The number of hydrogen-bond acceptors (Lipinski definition) is 4. The molecule has 2 aromatic carbocycles. The van der Waals surface area contributed by atoms with E-state index >= 15 is 0 Å². The number of aliphatic imine (C=N–C) groups is 1. The van der Waals surface area contributed by atoms with E-state index in [1.54, 1.807) is 14.0 Å². The van der Waals surface area contributed by atoms with Gasteiger partial charge in [0.25, 0.3) is 5.91 Å². The van der Waals surface area contributed by atoms with Crippen molar-refractivity contribution in [3.63, 3.8) is 0 Å². The van der Waals surface area contributed by atoms with Crippen LogP contribution in [-0.2, 0) is 14.4 Å². The number of carbonyl (C=O) groups excluding carboxylic acids is 3. The van der Waals surface area contributed by atoms with Gasteiger partial charge in [-0.2, -0.15) is 0 Å². The molecule has 0 saturated carbocycles. The summed E-state index contributed by atoms with van der Waals surface area (Å²) < 4.78 is 0. The van der Waals surface area contributed by atoms with Crippen molar-refractivity contribution in [2.24, 2.45) is 10.9 Å². The van der Waals surface area contributed by atoms with E-state index in [0.717, 1.165) is 11.1 Å². The molecule has 162 valence electrons. The van der Waals surface area contributed by atoms with Crippen LogP contribution in [0.2, 0.25) is 0 Å². The monoisotopic (exact) mass is 420 g/mol. The summed E-state index contributed by atoms with van der Waals surface area (Å²) >= 11 is 0. The van der Waals surface area contributed by atoms with Crippen LogP contribution in [0.5, 0.6) is 0 Å². The molecule has 0 fully saturated rings. The SMILES string of the molecule is CC(C)CC(=O)N[C@@H](C)C(=O)N[C@H]1N=C(c2ccccc2)c2ccccc2N(C)C1=O. The molecule has 0 saturated heterocycles. The third kappa shape index (κ3) is 5.17. The van der Waals surface area contributed by atoms with Crippen LogP contribution in [0.1, 0.15) is 38.3 Å². The lowest BCUT2D eigenvalue weighted by Gasteiger charge is -2.22. The lowest BCUT2D eigenvalue weighted by Crippen LogP contribution is -2.52. The van der Waals surface area contributed by atoms with E-state index in [4.69, 9.17) is 0 Å². The van der Waals surface area contributed by atoms with E-state index in [-0.39, 0.29) is 17.7 Å². The van der Waals surface area contributed by atoms with Gasteiger partial charge >= 0.3 is 0 Å². The molecule has 1 aliphatic heterocycles. The van der Waals surface area contributed by atoms with Crippen molar-refractivity contribution in [2.45, 2.75) is 39.4 Å². The number of likely N-dealkylation sites (N-methyl/N-ethyl adjacent to an activating group) is 1. The van der Waals surface area contributed by atoms with Gasteiger partial charge in [-0.1, -0.05) is 62.4 Å². The molecule has 2 atom stereocenters. The van der Waals surface area contributed by atoms with Crippen molar-refractivity contribution in [2.75, 3.05) is 11.9 Å². The highest BCUT2D eigenvalue weighted by Crippen LogP contribution is 2.27. The number of rotatable bonds is 6. The minimum Gasteiger partial charge on any atom is -0.345 e. The maximum Gasteiger partial charge on any atom is 0.272 e. The summed E-state index contributed by atoms with van der Waals surface area (Å²) in [4.78, 5) is 44.0. The first-order valence-electron chi connectivity index (χ1n) is 10.4. The maximum absolute atomic E-state index is 13.1. The first-order chi connectivity index (χ1) is 14.8. The van der Waals surface area contributed by atoms with Crippen LogP contribution in [-0.4, -0.2) is 42.7 Å². The Kier molecular flexibility index (Phi) is 6.84. The van der Waals surface area contributed by atoms with Gasteiger partial charge in [0.05, 0.1) is 11.4 Å². The highest BCUT2D eigenvalue weighted by Gasteiger charge is 2.32. The normalized spacial score (nSPS) is 16.8. The van der Waals surface area contributed by atoms with E-state index in [1.165, 1.54) is 4.90 Å². The Morgan fingerprint density at radius 2 is 1.68 bits per heavy atom. The molecule has 0 radical (unpaired) electrons. The van der Waals surface area contributed by atoms with Gasteiger partial charge in [-0.3, -0.25) is 14.4 Å². The highest BCUT2D eigenvalue weighted by molar-refractivity contribution is 6.20. The highest BCUT2D eigenvalue weighted by atomic mass is 16.2. The molecule has 0 bridgehead atoms. The molecule has 2 N–H and O–H groups in total. The molecule has 1 aliphatic rings. The van der Waals surface area contributed by atoms with Gasteiger partial charge in [-0.05, 0) is 18.9 Å². The van der Waals surface area contributed by atoms with E-state index in [9.17, 15) is 14.4 Å². The molecular formula is C24H28N4O3. The number of fused-ring (bicyclic) bond motifs is 1. The second-order valence-electron chi connectivity index (χ2n) is 8.06. The van der Waals surface area contributed by atoms with Crippen molar-refractivity contribution < 1.29 is 14.4 Å². The average molecular weight is 421 g/mol. The van der Waals surface area contributed by atoms with Crippen LogP contribution in [0.3, 0.4) is 0 Å². The summed E-state index contributed by atoms with van der Waals surface area (Å²) in [5.74, 6) is -0.842. The van der Waals surface area contributed by atoms with Crippen molar-refractivity contribution >= 4 is 29.1 Å². The Bertz CT molecular complexity index is 1000. The van der Waals surface area contributed by atoms with E-state index in [1.807, 2.05) is 68.4 Å². The fourth-order valence-electron chi connectivity index (χ4n) is 3.44. The summed E-state index contributed by atoms with van der Waals surface area (Å²) in [7, 11) is 1.66. The van der Waals surface area contributed by atoms with Crippen molar-refractivity contribution in [1.82, 2.24) is 10.6 Å². The summed E-state index contributed by atoms with van der Waals surface area (Å²) in [6.07, 6.45) is -0.779. The third-order valence-electron chi connectivity index (χ3n) is 5.03. The molecule has 3 rings (SSSR count). The van der Waals surface area contributed by atoms with E-state index < -0.39 is 18.1 Å². The molecule has 7 heteroatoms. The first kappa shape index (κ1) is 22.2. The number of carbonyl (C=O) groups is 3. The van der Waals surface area contributed by atoms with Crippen LogP contribution < -0.4 is 15.5 Å². The van der Waals surface area contributed by atoms with Crippen LogP contribution in [0.4, 0.5) is 5.69 Å². The van der Waals surface area contributed by atoms with E-state index in [2.05, 4.69) is 15.6 Å². The zero-order valence-electron chi connectivity index (χ0n) is 18.3. The molecule has 3 amide bonds. The molecular weight excluding hydrogens is 392 g/mol. The maximum atomic E-state index is 13.1. The average Bonchev–Trinajstić information content (AvgIpc) is 2.84. The molecule has 7 nitrogen and oxygen atoms in total. The molecule has 0 aromatic heterocycles. The van der Waals surface area contributed by atoms with Gasteiger partial charge in [0.1, 0.15) is 6.04 Å². The molecule has 31 heavy (non-hydrogen) atoms. The van der Waals surface area contributed by atoms with Crippen molar-refractivity contribution in [3.8, 4) is 0 Å². The summed E-state index contributed by atoms with van der Waals surface area (Å²) in [5.41, 5.74) is 2.98. The number of hydrogen-bond donors (Lipinski definition) is 2. The Hall–Kier alpha value is -3.48. The van der Waals surface area contributed by atoms with Crippen LogP contribution in [0, 0.1) is 5.92 Å². The smallest absolute Gasteiger partial charge is 0.272 e. The fraction of sp³-hybridized carbons (Fsp3) is 0.333. The number of para-hydroxylation sites is 1. The Labute approximate surface area is 182 Å². The second kappa shape index (κ2) is 9.55. The Morgan fingerprint density at radius 3 is 2.35 bits per heavy atom. The standard InChI is InChI=1S/C24H28N4O3/c1-15(2)14-20(29)25-16(3)23(30)27-22-24(31)28(4)19-13-9-8-12-18(19)21(26-22)17-10-6-5-7-11-17/h5-13,15-16,22H,14H2,1-4H3,(H,25,29)(H,27,30)/t16-,22+/m0/s1. The number of nitrogens with one attached hydrogen (secondary N) is 2. The van der Waals surface area contributed by atoms with Crippen molar-refractivity contribution in [3.05, 3.63) is 65.7 Å².